The quantitative estimate of drug-likeness (QED) is 0.684. The van der Waals surface area contributed by atoms with Gasteiger partial charge >= 0.3 is 0 Å². The molecule has 4 nitrogen and oxygen atoms in total. The van der Waals surface area contributed by atoms with Crippen molar-refractivity contribution < 1.29 is 4.42 Å². The second-order valence-corrected chi connectivity index (χ2v) is 6.14. The summed E-state index contributed by atoms with van der Waals surface area (Å²) in [4.78, 5) is 5.72. The lowest BCUT2D eigenvalue weighted by atomic mass is 10.2. The van der Waals surface area contributed by atoms with Gasteiger partial charge in [-0.2, -0.15) is 0 Å². The van der Waals surface area contributed by atoms with E-state index >= 15 is 0 Å². The van der Waals surface area contributed by atoms with Gasteiger partial charge in [-0.1, -0.05) is 28.1 Å². The van der Waals surface area contributed by atoms with Crippen LogP contribution in [-0.2, 0) is 0 Å². The molecular weight excluding hydrogens is 346 g/mol. The van der Waals surface area contributed by atoms with Crippen LogP contribution in [0.1, 0.15) is 5.69 Å². The minimum absolute atomic E-state index is 0.271. The summed E-state index contributed by atoms with van der Waals surface area (Å²) in [7, 11) is 0. The summed E-state index contributed by atoms with van der Waals surface area (Å²) in [5.74, 6) is 0.489. The Labute approximate surface area is 126 Å². The molecule has 7 heteroatoms. The third kappa shape index (κ3) is 2.54. The van der Waals surface area contributed by atoms with Crippen LogP contribution in [0, 0.1) is 11.8 Å². The Morgan fingerprint density at radius 3 is 2.68 bits per heavy atom. The number of H-pyrrole nitrogens is 1. The van der Waals surface area contributed by atoms with Gasteiger partial charge in [0.2, 0.25) is 0 Å². The van der Waals surface area contributed by atoms with Crippen molar-refractivity contribution in [3.05, 3.63) is 39.3 Å². The van der Waals surface area contributed by atoms with Gasteiger partial charge in [-0.05, 0) is 31.3 Å². The smallest absolute Gasteiger partial charge is 0.284 e. The first-order valence-corrected chi connectivity index (χ1v) is 7.44. The number of hydrogen-bond acceptors (Lipinski definition) is 5. The number of nitrogens with zero attached hydrogens (tertiary/aromatic N) is 2. The molecule has 3 aromatic rings. The van der Waals surface area contributed by atoms with Crippen molar-refractivity contribution in [1.82, 2.24) is 15.2 Å². The molecule has 0 amide bonds. The maximum absolute atomic E-state index is 5.33. The molecule has 19 heavy (non-hydrogen) atoms. The lowest BCUT2D eigenvalue weighted by Gasteiger charge is -1.95. The third-order valence-corrected chi connectivity index (χ3v) is 4.42. The zero-order chi connectivity index (χ0) is 13.4. The Bertz CT molecular complexity index is 773. The van der Waals surface area contributed by atoms with E-state index in [2.05, 4.69) is 31.1 Å². The number of aryl methyl sites for hydroxylation is 1. The maximum atomic E-state index is 5.33. The summed E-state index contributed by atoms with van der Waals surface area (Å²) in [6.07, 6.45) is 0. The highest BCUT2D eigenvalue weighted by Gasteiger charge is 2.15. The normalized spacial score (nSPS) is 10.8. The van der Waals surface area contributed by atoms with Gasteiger partial charge < -0.3 is 4.42 Å². The third-order valence-electron chi connectivity index (χ3n) is 2.52. The molecule has 0 saturated heterocycles. The number of aromatic amines is 1. The van der Waals surface area contributed by atoms with Gasteiger partial charge in [0.1, 0.15) is 9.88 Å². The van der Waals surface area contributed by atoms with Crippen LogP contribution in [0.2, 0.25) is 0 Å². The number of aromatic nitrogens is 3. The summed E-state index contributed by atoms with van der Waals surface area (Å²) >= 11 is 9.84. The van der Waals surface area contributed by atoms with Crippen LogP contribution in [0.3, 0.4) is 0 Å². The molecule has 0 aliphatic rings. The number of nitrogens with one attached hydrogen (secondary N) is 1. The van der Waals surface area contributed by atoms with Crippen molar-refractivity contribution in [3.8, 4) is 21.3 Å². The van der Waals surface area contributed by atoms with E-state index in [0.717, 1.165) is 25.6 Å². The molecule has 96 valence electrons. The van der Waals surface area contributed by atoms with Crippen molar-refractivity contribution in [2.75, 3.05) is 0 Å². The number of halogens is 1. The van der Waals surface area contributed by atoms with Crippen LogP contribution >= 0.6 is 39.5 Å². The number of rotatable bonds is 2. The average molecular weight is 354 g/mol. The molecule has 0 bridgehead atoms. The zero-order valence-electron chi connectivity index (χ0n) is 9.81. The molecule has 0 aliphatic carbocycles. The highest BCUT2D eigenvalue weighted by Crippen LogP contribution is 2.34. The zero-order valence-corrected chi connectivity index (χ0v) is 13.0. The standard InChI is InChI=1S/C12H8BrN3OS2/c1-6-9(10-15-16-12(18)17-10)19-11(14-6)7-2-4-8(13)5-3-7/h2-5H,1H3,(H,16,18). The average Bonchev–Trinajstić information content (AvgIpc) is 2.96. The maximum Gasteiger partial charge on any atom is 0.284 e. The van der Waals surface area contributed by atoms with E-state index in [-0.39, 0.29) is 4.84 Å². The highest BCUT2D eigenvalue weighted by molar-refractivity contribution is 9.10. The van der Waals surface area contributed by atoms with Crippen molar-refractivity contribution in [1.29, 1.82) is 0 Å². The molecule has 1 aromatic carbocycles. The number of benzene rings is 1. The SMILES string of the molecule is Cc1nc(-c2ccc(Br)cc2)sc1-c1n[nH]c(=S)o1. The predicted octanol–water partition coefficient (Wildman–Crippen LogP) is 4.59. The summed E-state index contributed by atoms with van der Waals surface area (Å²) < 4.78 is 6.37. The first-order chi connectivity index (χ1) is 9.13. The largest absolute Gasteiger partial charge is 0.408 e. The molecule has 0 spiro atoms. The van der Waals surface area contributed by atoms with Gasteiger partial charge in [-0.15, -0.1) is 16.4 Å². The predicted molar refractivity (Wildman–Crippen MR) is 80.7 cm³/mol. The van der Waals surface area contributed by atoms with E-state index < -0.39 is 0 Å². The Morgan fingerprint density at radius 2 is 2.05 bits per heavy atom. The molecule has 0 unspecified atom stereocenters. The highest BCUT2D eigenvalue weighted by atomic mass is 79.9. The van der Waals surface area contributed by atoms with Crippen molar-refractivity contribution in [2.24, 2.45) is 0 Å². The molecular formula is C12H8BrN3OS2. The van der Waals surface area contributed by atoms with Gasteiger partial charge in [0.15, 0.2) is 0 Å². The van der Waals surface area contributed by atoms with Crippen LogP contribution in [0.5, 0.6) is 0 Å². The first kappa shape index (κ1) is 12.7. The Hall–Kier alpha value is -1.31. The van der Waals surface area contributed by atoms with E-state index in [1.54, 1.807) is 0 Å². The Morgan fingerprint density at radius 1 is 1.32 bits per heavy atom. The second-order valence-electron chi connectivity index (χ2n) is 3.86. The van der Waals surface area contributed by atoms with E-state index in [1.807, 2.05) is 31.2 Å². The lowest BCUT2D eigenvalue weighted by molar-refractivity contribution is 0.553. The van der Waals surface area contributed by atoms with E-state index in [1.165, 1.54) is 11.3 Å². The van der Waals surface area contributed by atoms with Crippen molar-refractivity contribution in [3.63, 3.8) is 0 Å². The second kappa shape index (κ2) is 4.99. The Balaban J connectivity index is 2.06. The number of thiazole rings is 1. The minimum atomic E-state index is 0.271. The van der Waals surface area contributed by atoms with Crippen molar-refractivity contribution >= 4 is 39.5 Å². The van der Waals surface area contributed by atoms with Gasteiger partial charge in [0.05, 0.1) is 5.69 Å². The summed E-state index contributed by atoms with van der Waals surface area (Å²) in [5, 5.41) is 7.59. The fraction of sp³-hybridized carbons (Fsp3) is 0.0833. The van der Waals surface area contributed by atoms with E-state index in [4.69, 9.17) is 16.6 Å². The number of hydrogen-bond donors (Lipinski definition) is 1. The fourth-order valence-electron chi connectivity index (χ4n) is 1.64. The molecule has 0 atom stereocenters. The molecule has 0 radical (unpaired) electrons. The minimum Gasteiger partial charge on any atom is -0.408 e. The van der Waals surface area contributed by atoms with Crippen molar-refractivity contribution in [2.45, 2.75) is 6.92 Å². The molecule has 2 aromatic heterocycles. The van der Waals surface area contributed by atoms with Gasteiger partial charge in [-0.3, -0.25) is 0 Å². The topological polar surface area (TPSA) is 54.7 Å². The molecule has 0 fully saturated rings. The summed E-state index contributed by atoms with van der Waals surface area (Å²) in [6.45, 7) is 1.93. The van der Waals surface area contributed by atoms with Gasteiger partial charge in [0.25, 0.3) is 10.7 Å². The van der Waals surface area contributed by atoms with Crippen LogP contribution < -0.4 is 0 Å². The molecule has 2 heterocycles. The van der Waals surface area contributed by atoms with E-state index in [0.29, 0.717) is 5.89 Å². The molecule has 3 rings (SSSR count). The van der Waals surface area contributed by atoms with E-state index in [9.17, 15) is 0 Å². The monoisotopic (exact) mass is 353 g/mol. The van der Waals surface area contributed by atoms with Gasteiger partial charge in [-0.25, -0.2) is 10.1 Å². The van der Waals surface area contributed by atoms with Crippen LogP contribution in [0.25, 0.3) is 21.3 Å². The first-order valence-electron chi connectivity index (χ1n) is 5.43. The molecule has 0 saturated carbocycles. The molecule has 1 N–H and O–H groups in total. The van der Waals surface area contributed by atoms with Crippen LogP contribution in [0.4, 0.5) is 0 Å². The van der Waals surface area contributed by atoms with Crippen LogP contribution in [-0.4, -0.2) is 15.2 Å². The molecule has 0 aliphatic heterocycles. The summed E-state index contributed by atoms with van der Waals surface area (Å²) in [6, 6.07) is 8.02. The van der Waals surface area contributed by atoms with Crippen LogP contribution in [0.15, 0.2) is 33.2 Å². The Kier molecular flexibility index (Phi) is 3.34. The van der Waals surface area contributed by atoms with Gasteiger partial charge in [0, 0.05) is 10.0 Å². The fourth-order valence-corrected chi connectivity index (χ4v) is 3.02. The lowest BCUT2D eigenvalue weighted by Crippen LogP contribution is -1.78. The summed E-state index contributed by atoms with van der Waals surface area (Å²) in [5.41, 5.74) is 1.95.